The van der Waals surface area contributed by atoms with Crippen LogP contribution in [0, 0.1) is 0 Å². The van der Waals surface area contributed by atoms with Crippen LogP contribution in [0.2, 0.25) is 5.02 Å². The van der Waals surface area contributed by atoms with Crippen molar-refractivity contribution in [3.63, 3.8) is 0 Å². The lowest BCUT2D eigenvalue weighted by Gasteiger charge is -2.11. The van der Waals surface area contributed by atoms with E-state index in [-0.39, 0.29) is 10.6 Å². The van der Waals surface area contributed by atoms with E-state index in [1.807, 2.05) is 24.3 Å². The zero-order valence-corrected chi connectivity index (χ0v) is 18.0. The lowest BCUT2D eigenvalue weighted by atomic mass is 10.1. The van der Waals surface area contributed by atoms with Gasteiger partial charge in [-0.25, -0.2) is 4.79 Å². The van der Waals surface area contributed by atoms with Crippen molar-refractivity contribution in [2.24, 2.45) is 0 Å². The SMILES string of the molecule is COc1cc2c(cc1NC(=O)COC(=O)c1cc(Br)ccc1Cl)oc1ccccc12. The van der Waals surface area contributed by atoms with Crippen molar-refractivity contribution in [1.82, 2.24) is 0 Å². The van der Waals surface area contributed by atoms with Gasteiger partial charge in [-0.1, -0.05) is 45.7 Å². The Morgan fingerprint density at radius 2 is 1.87 bits per heavy atom. The fraction of sp³-hybridized carbons (Fsp3) is 0.0909. The number of methoxy groups -OCH3 is 1. The van der Waals surface area contributed by atoms with E-state index in [9.17, 15) is 9.59 Å². The average molecular weight is 489 g/mol. The lowest BCUT2D eigenvalue weighted by molar-refractivity contribution is -0.119. The minimum Gasteiger partial charge on any atom is -0.495 e. The Kier molecular flexibility index (Phi) is 5.65. The van der Waals surface area contributed by atoms with Crippen molar-refractivity contribution in [3.8, 4) is 5.75 Å². The summed E-state index contributed by atoms with van der Waals surface area (Å²) in [6, 6.07) is 15.9. The summed E-state index contributed by atoms with van der Waals surface area (Å²) in [5, 5.41) is 4.74. The second-order valence-electron chi connectivity index (χ2n) is 6.40. The first-order valence-corrected chi connectivity index (χ1v) is 10.0. The van der Waals surface area contributed by atoms with Gasteiger partial charge < -0.3 is 19.2 Å². The average Bonchev–Trinajstić information content (AvgIpc) is 3.10. The lowest BCUT2D eigenvalue weighted by Crippen LogP contribution is -2.21. The van der Waals surface area contributed by atoms with Crippen LogP contribution in [0.4, 0.5) is 5.69 Å². The van der Waals surface area contributed by atoms with Crippen molar-refractivity contribution < 1.29 is 23.5 Å². The van der Waals surface area contributed by atoms with Gasteiger partial charge in [-0.15, -0.1) is 0 Å². The van der Waals surface area contributed by atoms with E-state index < -0.39 is 18.5 Å². The molecule has 152 valence electrons. The molecule has 8 heteroatoms. The predicted octanol–water partition coefficient (Wildman–Crippen LogP) is 5.81. The number of anilines is 1. The van der Waals surface area contributed by atoms with Crippen LogP contribution in [-0.2, 0) is 9.53 Å². The highest BCUT2D eigenvalue weighted by atomic mass is 79.9. The van der Waals surface area contributed by atoms with Crippen molar-refractivity contribution >= 4 is 67.0 Å². The van der Waals surface area contributed by atoms with Crippen LogP contribution in [0.3, 0.4) is 0 Å². The van der Waals surface area contributed by atoms with Crippen LogP contribution < -0.4 is 10.1 Å². The van der Waals surface area contributed by atoms with E-state index in [4.69, 9.17) is 25.5 Å². The summed E-state index contributed by atoms with van der Waals surface area (Å²) in [7, 11) is 1.51. The summed E-state index contributed by atoms with van der Waals surface area (Å²) in [5.41, 5.74) is 1.91. The highest BCUT2D eigenvalue weighted by molar-refractivity contribution is 9.10. The number of para-hydroxylation sites is 1. The molecule has 6 nitrogen and oxygen atoms in total. The van der Waals surface area contributed by atoms with Gasteiger partial charge in [-0.3, -0.25) is 4.79 Å². The van der Waals surface area contributed by atoms with E-state index in [2.05, 4.69) is 21.2 Å². The van der Waals surface area contributed by atoms with Crippen molar-refractivity contribution in [3.05, 3.63) is 69.7 Å². The van der Waals surface area contributed by atoms with E-state index in [0.717, 1.165) is 16.4 Å². The molecule has 0 fully saturated rings. The number of benzene rings is 3. The number of hydrogen-bond donors (Lipinski definition) is 1. The van der Waals surface area contributed by atoms with Gasteiger partial charge in [-0.2, -0.15) is 0 Å². The summed E-state index contributed by atoms with van der Waals surface area (Å²) in [6.07, 6.45) is 0. The minimum absolute atomic E-state index is 0.167. The van der Waals surface area contributed by atoms with Crippen LogP contribution in [0.5, 0.6) is 5.75 Å². The maximum absolute atomic E-state index is 12.4. The Morgan fingerprint density at radius 1 is 1.07 bits per heavy atom. The van der Waals surface area contributed by atoms with Crippen molar-refractivity contribution in [1.29, 1.82) is 0 Å². The summed E-state index contributed by atoms with van der Waals surface area (Å²) in [5.74, 6) is -0.761. The number of carbonyl (C=O) groups excluding carboxylic acids is 2. The predicted molar refractivity (Wildman–Crippen MR) is 118 cm³/mol. The molecule has 0 spiro atoms. The maximum Gasteiger partial charge on any atom is 0.340 e. The molecule has 0 unspecified atom stereocenters. The number of rotatable bonds is 5. The first-order chi connectivity index (χ1) is 14.5. The van der Waals surface area contributed by atoms with Crippen molar-refractivity contribution in [2.75, 3.05) is 19.0 Å². The minimum atomic E-state index is -0.698. The van der Waals surface area contributed by atoms with Crippen LogP contribution in [0.1, 0.15) is 10.4 Å². The number of amides is 1. The highest BCUT2D eigenvalue weighted by Crippen LogP contribution is 2.36. The molecule has 4 rings (SSSR count). The molecule has 1 N–H and O–H groups in total. The van der Waals surface area contributed by atoms with Crippen LogP contribution in [0.15, 0.2) is 63.5 Å². The van der Waals surface area contributed by atoms with Gasteiger partial charge >= 0.3 is 5.97 Å². The summed E-state index contributed by atoms with van der Waals surface area (Å²) >= 11 is 9.28. The van der Waals surface area contributed by atoms with Crippen LogP contribution >= 0.6 is 27.5 Å². The van der Waals surface area contributed by atoms with Gasteiger partial charge in [0.2, 0.25) is 0 Å². The van der Waals surface area contributed by atoms with Gasteiger partial charge in [0.15, 0.2) is 6.61 Å². The molecule has 0 aliphatic carbocycles. The summed E-state index contributed by atoms with van der Waals surface area (Å²) < 4.78 is 17.0. The first-order valence-electron chi connectivity index (χ1n) is 8.87. The number of furan rings is 1. The van der Waals surface area contributed by atoms with Gasteiger partial charge in [0.1, 0.15) is 16.9 Å². The number of ether oxygens (including phenoxy) is 2. The smallest absolute Gasteiger partial charge is 0.340 e. The molecular formula is C22H15BrClNO5. The molecule has 0 atom stereocenters. The van der Waals surface area contributed by atoms with Gasteiger partial charge in [-0.05, 0) is 30.3 Å². The Hall–Kier alpha value is -3.03. The fourth-order valence-electron chi connectivity index (χ4n) is 3.07. The van der Waals surface area contributed by atoms with Crippen LogP contribution in [0.25, 0.3) is 21.9 Å². The Labute approximate surface area is 184 Å². The second-order valence-corrected chi connectivity index (χ2v) is 7.72. The van der Waals surface area contributed by atoms with Gasteiger partial charge in [0, 0.05) is 21.3 Å². The van der Waals surface area contributed by atoms with E-state index in [0.29, 0.717) is 21.5 Å². The molecule has 1 heterocycles. The second kappa shape index (κ2) is 8.38. The zero-order valence-electron chi connectivity index (χ0n) is 15.7. The summed E-state index contributed by atoms with van der Waals surface area (Å²) in [4.78, 5) is 24.6. The molecule has 30 heavy (non-hydrogen) atoms. The molecule has 4 aromatic rings. The number of carbonyl (C=O) groups is 2. The molecule has 0 aliphatic heterocycles. The Morgan fingerprint density at radius 3 is 2.67 bits per heavy atom. The third-order valence-electron chi connectivity index (χ3n) is 4.46. The number of nitrogens with one attached hydrogen (secondary N) is 1. The molecule has 0 aliphatic rings. The molecule has 1 amide bonds. The quantitative estimate of drug-likeness (QED) is 0.359. The monoisotopic (exact) mass is 487 g/mol. The topological polar surface area (TPSA) is 77.8 Å². The number of esters is 1. The fourth-order valence-corrected chi connectivity index (χ4v) is 3.62. The standard InChI is InChI=1S/C22H15BrClNO5/c1-28-20-9-14-13-4-2-3-5-18(13)30-19(14)10-17(20)25-21(26)11-29-22(27)15-8-12(23)6-7-16(15)24/h2-10H,11H2,1H3,(H,25,26). The molecule has 0 saturated heterocycles. The first kappa shape index (κ1) is 20.3. The van der Waals surface area contributed by atoms with Gasteiger partial charge in [0.05, 0.1) is 23.4 Å². The maximum atomic E-state index is 12.4. The molecule has 3 aromatic carbocycles. The third kappa shape index (κ3) is 3.99. The van der Waals surface area contributed by atoms with E-state index in [1.165, 1.54) is 13.2 Å². The Bertz CT molecular complexity index is 1280. The highest BCUT2D eigenvalue weighted by Gasteiger charge is 2.17. The van der Waals surface area contributed by atoms with Crippen molar-refractivity contribution in [2.45, 2.75) is 0 Å². The van der Waals surface area contributed by atoms with E-state index >= 15 is 0 Å². The number of halogens is 2. The largest absolute Gasteiger partial charge is 0.495 e. The zero-order chi connectivity index (χ0) is 21.3. The third-order valence-corrected chi connectivity index (χ3v) is 5.28. The molecule has 0 saturated carbocycles. The normalized spacial score (nSPS) is 10.9. The molecule has 0 radical (unpaired) electrons. The molecule has 1 aromatic heterocycles. The number of hydrogen-bond acceptors (Lipinski definition) is 5. The Balaban J connectivity index is 1.51. The summed E-state index contributed by atoms with van der Waals surface area (Å²) in [6.45, 7) is -0.483. The van der Waals surface area contributed by atoms with E-state index in [1.54, 1.807) is 24.3 Å². The molecule has 0 bridgehead atoms. The van der Waals surface area contributed by atoms with Gasteiger partial charge in [0.25, 0.3) is 5.91 Å². The van der Waals surface area contributed by atoms with Crippen LogP contribution in [-0.4, -0.2) is 25.6 Å². The molecular weight excluding hydrogens is 474 g/mol. The number of fused-ring (bicyclic) bond motifs is 3.